The van der Waals surface area contributed by atoms with Gasteiger partial charge in [-0.3, -0.25) is 4.79 Å². The maximum absolute atomic E-state index is 12.4. The molecule has 3 aromatic rings. The highest BCUT2D eigenvalue weighted by molar-refractivity contribution is 8.15. The number of carbonyl (C=O) groups is 1. The number of nitrogens with one attached hydrogen (secondary N) is 2. The summed E-state index contributed by atoms with van der Waals surface area (Å²) in [5.74, 6) is -2.58. The molecule has 0 spiro atoms. The van der Waals surface area contributed by atoms with Crippen molar-refractivity contribution in [1.29, 1.82) is 0 Å². The van der Waals surface area contributed by atoms with Crippen LogP contribution in [0.1, 0.15) is 11.1 Å². The van der Waals surface area contributed by atoms with Crippen molar-refractivity contribution in [3.63, 3.8) is 0 Å². The minimum Gasteiger partial charge on any atom is -0.361 e. The topological polar surface area (TPSA) is 69.6 Å². The van der Waals surface area contributed by atoms with E-state index in [4.69, 9.17) is 0 Å². The number of nitrogens with zero attached hydrogens (tertiary/aromatic N) is 2. The van der Waals surface area contributed by atoms with E-state index in [1.807, 2.05) is 30.5 Å². The molecular formula is C20H16F2N4OS2. The number of hydrogen-bond acceptors (Lipinski definition) is 5. The molecule has 5 nitrogen and oxygen atoms in total. The quantitative estimate of drug-likeness (QED) is 0.340. The number of benzene rings is 2. The monoisotopic (exact) mass is 430 g/mol. The molecule has 4 rings (SSSR count). The molecule has 1 aromatic heterocycles. The molecule has 2 heterocycles. The Balaban J connectivity index is 1.38. The van der Waals surface area contributed by atoms with Crippen LogP contribution in [0.3, 0.4) is 0 Å². The Hall–Kier alpha value is -2.65. The predicted octanol–water partition coefficient (Wildman–Crippen LogP) is 4.65. The van der Waals surface area contributed by atoms with Crippen molar-refractivity contribution < 1.29 is 13.6 Å². The Morgan fingerprint density at radius 3 is 2.76 bits per heavy atom. The molecule has 2 aromatic carbocycles. The lowest BCUT2D eigenvalue weighted by Crippen LogP contribution is -2.25. The van der Waals surface area contributed by atoms with Crippen LogP contribution in [-0.4, -0.2) is 33.3 Å². The second kappa shape index (κ2) is 8.79. The second-order valence-electron chi connectivity index (χ2n) is 6.26. The Morgan fingerprint density at radius 2 is 1.97 bits per heavy atom. The van der Waals surface area contributed by atoms with Gasteiger partial charge in [0.2, 0.25) is 5.91 Å². The third-order valence-electron chi connectivity index (χ3n) is 4.31. The van der Waals surface area contributed by atoms with E-state index < -0.39 is 5.76 Å². The first-order valence-corrected chi connectivity index (χ1v) is 10.5. The van der Waals surface area contributed by atoms with Crippen molar-refractivity contribution in [3.8, 4) is 0 Å². The normalized spacial score (nSPS) is 18.4. The highest BCUT2D eigenvalue weighted by Crippen LogP contribution is 2.27. The third kappa shape index (κ3) is 4.86. The molecule has 1 amide bonds. The van der Waals surface area contributed by atoms with Gasteiger partial charge in [-0.1, -0.05) is 53.9 Å². The lowest BCUT2D eigenvalue weighted by Gasteiger charge is -2.06. The van der Waals surface area contributed by atoms with Crippen LogP contribution < -0.4 is 5.32 Å². The van der Waals surface area contributed by atoms with Gasteiger partial charge in [-0.2, -0.15) is 13.9 Å². The Labute approximate surface area is 174 Å². The molecule has 0 bridgehead atoms. The van der Waals surface area contributed by atoms with Gasteiger partial charge in [-0.15, -0.1) is 5.10 Å². The van der Waals surface area contributed by atoms with Gasteiger partial charge >= 0.3 is 0 Å². The molecule has 1 aliphatic rings. The molecule has 0 aliphatic carbocycles. The van der Waals surface area contributed by atoms with E-state index in [-0.39, 0.29) is 11.2 Å². The van der Waals surface area contributed by atoms with Crippen LogP contribution in [0.15, 0.2) is 69.8 Å². The minimum absolute atomic E-state index is 0.137. The maximum atomic E-state index is 12.4. The Morgan fingerprint density at radius 1 is 1.17 bits per heavy atom. The van der Waals surface area contributed by atoms with Crippen LogP contribution in [0.5, 0.6) is 0 Å². The Kier molecular flexibility index (Phi) is 5.96. The fourth-order valence-electron chi connectivity index (χ4n) is 2.95. The summed E-state index contributed by atoms with van der Waals surface area (Å²) in [6.45, 7) is 0. The number of halogens is 2. The third-order valence-corrected chi connectivity index (χ3v) is 6.11. The fourth-order valence-corrected chi connectivity index (χ4v) is 4.42. The van der Waals surface area contributed by atoms with Crippen LogP contribution in [0.4, 0.5) is 8.78 Å². The fraction of sp³-hybridized carbons (Fsp3) is 0.150. The Bertz CT molecular complexity index is 1080. The molecule has 1 fully saturated rings. The molecule has 0 saturated carbocycles. The van der Waals surface area contributed by atoms with E-state index in [9.17, 15) is 13.6 Å². The van der Waals surface area contributed by atoms with Gasteiger partial charge in [0.1, 0.15) is 0 Å². The van der Waals surface area contributed by atoms with E-state index in [2.05, 4.69) is 20.5 Å². The van der Waals surface area contributed by atoms with Crippen LogP contribution in [-0.2, 0) is 11.2 Å². The molecule has 9 heteroatoms. The lowest BCUT2D eigenvalue weighted by molar-refractivity contribution is -0.118. The molecule has 0 radical (unpaired) electrons. The van der Waals surface area contributed by atoms with Crippen LogP contribution in [0, 0.1) is 0 Å². The second-order valence-corrected chi connectivity index (χ2v) is 8.52. The molecular weight excluding hydrogens is 414 g/mol. The first-order chi connectivity index (χ1) is 14.1. The van der Waals surface area contributed by atoms with Gasteiger partial charge in [-0.05, 0) is 30.2 Å². The molecule has 1 aliphatic heterocycles. The standard InChI is InChI=1S/C20H16F2N4OS2/c21-19(22)28-14-7-5-12(6-8-14)9-17-18(27)25-20(29-17)26-24-11-13-10-23-16-4-2-1-3-15(13)16/h1-8,10-11,17,19,23H,9H2,(H,25,26,27)/b24-11+. The van der Waals surface area contributed by atoms with Gasteiger partial charge in [0.25, 0.3) is 5.76 Å². The summed E-state index contributed by atoms with van der Waals surface area (Å²) in [7, 11) is 0. The zero-order valence-corrected chi connectivity index (χ0v) is 16.6. The highest BCUT2D eigenvalue weighted by atomic mass is 32.2. The molecule has 29 heavy (non-hydrogen) atoms. The molecule has 1 saturated heterocycles. The number of carbonyl (C=O) groups excluding carboxylic acids is 1. The van der Waals surface area contributed by atoms with Crippen LogP contribution in [0.2, 0.25) is 0 Å². The summed E-state index contributed by atoms with van der Waals surface area (Å²) in [5, 5.41) is 12.1. The van der Waals surface area contributed by atoms with E-state index in [1.54, 1.807) is 30.5 Å². The van der Waals surface area contributed by atoms with Gasteiger partial charge in [-0.25, -0.2) is 0 Å². The van der Waals surface area contributed by atoms with Crippen molar-refractivity contribution in [2.45, 2.75) is 22.3 Å². The van der Waals surface area contributed by atoms with Gasteiger partial charge in [0.05, 0.1) is 11.5 Å². The number of hydrogen-bond donors (Lipinski definition) is 2. The summed E-state index contributed by atoms with van der Waals surface area (Å²) < 4.78 is 24.8. The minimum atomic E-state index is -2.44. The van der Waals surface area contributed by atoms with Crippen LogP contribution >= 0.6 is 23.5 Å². The molecule has 1 unspecified atom stereocenters. The number of amidine groups is 1. The molecule has 148 valence electrons. The number of alkyl halides is 2. The summed E-state index contributed by atoms with van der Waals surface area (Å²) in [6.07, 6.45) is 3.99. The van der Waals surface area contributed by atoms with Crippen molar-refractivity contribution >= 4 is 51.7 Å². The number of H-pyrrole nitrogens is 1. The number of aromatic nitrogens is 1. The lowest BCUT2D eigenvalue weighted by atomic mass is 10.1. The van der Waals surface area contributed by atoms with Crippen molar-refractivity contribution in [3.05, 3.63) is 65.9 Å². The summed E-state index contributed by atoms with van der Waals surface area (Å²) in [5.41, 5.74) is 2.83. The van der Waals surface area contributed by atoms with Gasteiger partial charge < -0.3 is 10.3 Å². The summed E-state index contributed by atoms with van der Waals surface area (Å²) in [6, 6.07) is 14.7. The van der Waals surface area contributed by atoms with Crippen molar-refractivity contribution in [2.75, 3.05) is 0 Å². The maximum Gasteiger partial charge on any atom is 0.288 e. The number of fused-ring (bicyclic) bond motifs is 1. The van der Waals surface area contributed by atoms with E-state index in [1.165, 1.54) is 11.8 Å². The number of aromatic amines is 1. The number of amides is 1. The average Bonchev–Trinajstić information content (AvgIpc) is 3.27. The number of thioether (sulfide) groups is 2. The highest BCUT2D eigenvalue weighted by Gasteiger charge is 2.30. The summed E-state index contributed by atoms with van der Waals surface area (Å²) in [4.78, 5) is 15.9. The number of para-hydroxylation sites is 1. The van der Waals surface area contributed by atoms with E-state index >= 15 is 0 Å². The van der Waals surface area contributed by atoms with Gasteiger partial charge in [0.15, 0.2) is 5.17 Å². The van der Waals surface area contributed by atoms with E-state index in [0.29, 0.717) is 28.2 Å². The smallest absolute Gasteiger partial charge is 0.288 e. The predicted molar refractivity (Wildman–Crippen MR) is 115 cm³/mol. The zero-order chi connectivity index (χ0) is 20.2. The van der Waals surface area contributed by atoms with Gasteiger partial charge in [0, 0.05) is 27.6 Å². The molecule has 1 atom stereocenters. The summed E-state index contributed by atoms with van der Waals surface area (Å²) >= 11 is 1.82. The number of rotatable bonds is 6. The van der Waals surface area contributed by atoms with Crippen molar-refractivity contribution in [1.82, 2.24) is 10.3 Å². The molecule has 2 N–H and O–H groups in total. The van der Waals surface area contributed by atoms with Crippen molar-refractivity contribution in [2.24, 2.45) is 10.2 Å². The SMILES string of the molecule is O=C1N/C(=N/N=C/c2c[nH]c3ccccc23)SC1Cc1ccc(SC(F)F)cc1. The first-order valence-electron chi connectivity index (χ1n) is 8.77. The first kappa shape index (κ1) is 19.7. The van der Waals surface area contributed by atoms with E-state index in [0.717, 1.165) is 22.0 Å². The van der Waals surface area contributed by atoms with Crippen LogP contribution in [0.25, 0.3) is 10.9 Å². The largest absolute Gasteiger partial charge is 0.361 e. The zero-order valence-electron chi connectivity index (χ0n) is 15.0. The average molecular weight is 431 g/mol.